The van der Waals surface area contributed by atoms with Crippen LogP contribution in [0, 0.1) is 0 Å². The fourth-order valence-corrected chi connectivity index (χ4v) is 3.50. The standard InChI is InChI=1S/C25H36O4/c1-19(8-5-4-6-13-25(2,3)28)21-9-7-10-24(15-21)29-18-20-11-12-22(16-26)23(14-20)17-27/h7,9-12,14-15,19,26-28H,4-6,8,13,16-18H2,1-3H3. The van der Waals surface area contributed by atoms with Gasteiger partial charge in [0, 0.05) is 0 Å². The fourth-order valence-electron chi connectivity index (χ4n) is 3.50. The van der Waals surface area contributed by atoms with E-state index in [0.717, 1.165) is 54.5 Å². The lowest BCUT2D eigenvalue weighted by atomic mass is 9.93. The van der Waals surface area contributed by atoms with Gasteiger partial charge in [-0.25, -0.2) is 0 Å². The summed E-state index contributed by atoms with van der Waals surface area (Å²) in [6.07, 6.45) is 5.33. The van der Waals surface area contributed by atoms with Gasteiger partial charge in [0.15, 0.2) is 0 Å². The van der Waals surface area contributed by atoms with Crippen molar-refractivity contribution in [1.82, 2.24) is 0 Å². The number of unbranched alkanes of at least 4 members (excludes halogenated alkanes) is 2. The third kappa shape index (κ3) is 8.17. The van der Waals surface area contributed by atoms with Gasteiger partial charge in [-0.1, -0.05) is 50.5 Å². The first-order chi connectivity index (χ1) is 13.8. The number of aliphatic hydroxyl groups is 3. The van der Waals surface area contributed by atoms with Crippen LogP contribution in [0.1, 0.15) is 81.0 Å². The minimum atomic E-state index is -0.562. The highest BCUT2D eigenvalue weighted by Crippen LogP contribution is 2.26. The van der Waals surface area contributed by atoms with Crippen molar-refractivity contribution in [3.05, 3.63) is 64.7 Å². The molecule has 2 aromatic carbocycles. The van der Waals surface area contributed by atoms with Crippen LogP contribution < -0.4 is 4.74 Å². The van der Waals surface area contributed by atoms with Crippen LogP contribution in [0.3, 0.4) is 0 Å². The highest BCUT2D eigenvalue weighted by Gasteiger charge is 2.12. The molecule has 0 saturated heterocycles. The topological polar surface area (TPSA) is 69.9 Å². The van der Waals surface area contributed by atoms with E-state index in [1.807, 2.05) is 44.2 Å². The molecule has 1 atom stereocenters. The average molecular weight is 401 g/mol. The molecule has 2 rings (SSSR count). The Morgan fingerprint density at radius 1 is 0.931 bits per heavy atom. The van der Waals surface area contributed by atoms with Gasteiger partial charge < -0.3 is 20.1 Å². The molecule has 1 unspecified atom stereocenters. The zero-order valence-electron chi connectivity index (χ0n) is 18.0. The number of hydrogen-bond donors (Lipinski definition) is 3. The lowest BCUT2D eigenvalue weighted by Gasteiger charge is -2.17. The number of hydrogen-bond acceptors (Lipinski definition) is 4. The molecule has 0 radical (unpaired) electrons. The van der Waals surface area contributed by atoms with Crippen LogP contribution in [0.2, 0.25) is 0 Å². The Bertz CT molecular complexity index is 749. The van der Waals surface area contributed by atoms with Gasteiger partial charge in [0.2, 0.25) is 0 Å². The van der Waals surface area contributed by atoms with Crippen molar-refractivity contribution in [3.8, 4) is 5.75 Å². The van der Waals surface area contributed by atoms with Gasteiger partial charge in [0.1, 0.15) is 12.4 Å². The van der Waals surface area contributed by atoms with E-state index >= 15 is 0 Å². The molecule has 29 heavy (non-hydrogen) atoms. The quantitative estimate of drug-likeness (QED) is 0.435. The maximum atomic E-state index is 9.79. The first-order valence-electron chi connectivity index (χ1n) is 10.6. The van der Waals surface area contributed by atoms with E-state index < -0.39 is 5.60 Å². The van der Waals surface area contributed by atoms with Crippen molar-refractivity contribution < 1.29 is 20.1 Å². The summed E-state index contributed by atoms with van der Waals surface area (Å²) >= 11 is 0. The summed E-state index contributed by atoms with van der Waals surface area (Å²) in [6, 6.07) is 13.9. The molecule has 0 fully saturated rings. The van der Waals surface area contributed by atoms with E-state index in [9.17, 15) is 15.3 Å². The molecule has 0 amide bonds. The summed E-state index contributed by atoms with van der Waals surface area (Å²) in [5, 5.41) is 28.5. The molecule has 0 aliphatic carbocycles. The second-order valence-electron chi connectivity index (χ2n) is 8.59. The molecule has 0 spiro atoms. The zero-order valence-corrected chi connectivity index (χ0v) is 18.0. The molecule has 3 N–H and O–H groups in total. The lowest BCUT2D eigenvalue weighted by molar-refractivity contribution is 0.0680. The molecule has 0 saturated carbocycles. The maximum Gasteiger partial charge on any atom is 0.120 e. The summed E-state index contributed by atoms with van der Waals surface area (Å²) in [6.45, 7) is 6.24. The van der Waals surface area contributed by atoms with Crippen LogP contribution in [-0.4, -0.2) is 20.9 Å². The SMILES string of the molecule is CC(CCCCCC(C)(C)O)c1cccc(OCc2ccc(CO)c(CO)c2)c1. The number of ether oxygens (including phenoxy) is 1. The smallest absolute Gasteiger partial charge is 0.120 e. The molecule has 0 aliphatic rings. The Kier molecular flexibility index (Phi) is 9.15. The molecule has 0 heterocycles. The summed E-state index contributed by atoms with van der Waals surface area (Å²) < 4.78 is 5.96. The molecule has 0 bridgehead atoms. The summed E-state index contributed by atoms with van der Waals surface area (Å²) in [5.74, 6) is 1.30. The van der Waals surface area contributed by atoms with Crippen LogP contribution in [0.4, 0.5) is 0 Å². The van der Waals surface area contributed by atoms with Gasteiger partial charge in [-0.15, -0.1) is 0 Å². The largest absolute Gasteiger partial charge is 0.489 e. The lowest BCUT2D eigenvalue weighted by Crippen LogP contribution is -2.17. The molecule has 4 nitrogen and oxygen atoms in total. The zero-order chi connectivity index (χ0) is 21.3. The third-order valence-corrected chi connectivity index (χ3v) is 5.37. The van der Waals surface area contributed by atoms with Gasteiger partial charge in [-0.05, 0) is 73.1 Å². The highest BCUT2D eigenvalue weighted by molar-refractivity contribution is 5.33. The van der Waals surface area contributed by atoms with Crippen LogP contribution in [0.5, 0.6) is 5.75 Å². The summed E-state index contributed by atoms with van der Waals surface area (Å²) in [4.78, 5) is 0. The first-order valence-corrected chi connectivity index (χ1v) is 10.6. The Morgan fingerprint density at radius 3 is 2.38 bits per heavy atom. The second kappa shape index (κ2) is 11.3. The van der Waals surface area contributed by atoms with E-state index in [4.69, 9.17) is 4.74 Å². The van der Waals surface area contributed by atoms with Crippen molar-refractivity contribution in [2.75, 3.05) is 0 Å². The average Bonchev–Trinajstić information content (AvgIpc) is 2.71. The molecule has 0 aliphatic heterocycles. The molecular formula is C25H36O4. The molecular weight excluding hydrogens is 364 g/mol. The van der Waals surface area contributed by atoms with Crippen LogP contribution in [0.25, 0.3) is 0 Å². The van der Waals surface area contributed by atoms with Gasteiger partial charge in [0.25, 0.3) is 0 Å². The first kappa shape index (κ1) is 23.4. The Labute approximate surface area is 175 Å². The highest BCUT2D eigenvalue weighted by atomic mass is 16.5. The van der Waals surface area contributed by atoms with E-state index in [0.29, 0.717) is 12.5 Å². The summed E-state index contributed by atoms with van der Waals surface area (Å²) in [5.41, 5.74) is 3.16. The normalized spacial score (nSPS) is 12.8. The Morgan fingerprint density at radius 2 is 1.69 bits per heavy atom. The van der Waals surface area contributed by atoms with E-state index in [1.54, 1.807) is 0 Å². The van der Waals surface area contributed by atoms with Crippen molar-refractivity contribution in [3.63, 3.8) is 0 Å². The monoisotopic (exact) mass is 400 g/mol. The van der Waals surface area contributed by atoms with Crippen molar-refractivity contribution in [2.45, 2.75) is 84.2 Å². The summed E-state index contributed by atoms with van der Waals surface area (Å²) in [7, 11) is 0. The Hall–Kier alpha value is -1.88. The van der Waals surface area contributed by atoms with Crippen molar-refractivity contribution in [1.29, 1.82) is 0 Å². The number of aliphatic hydroxyl groups excluding tert-OH is 2. The molecule has 4 heteroatoms. The molecule has 2 aromatic rings. The Balaban J connectivity index is 1.85. The predicted octanol–water partition coefficient (Wildman–Crippen LogP) is 5.08. The van der Waals surface area contributed by atoms with Gasteiger partial charge in [0.05, 0.1) is 18.8 Å². The predicted molar refractivity (Wildman–Crippen MR) is 117 cm³/mol. The van der Waals surface area contributed by atoms with Crippen LogP contribution in [-0.2, 0) is 19.8 Å². The van der Waals surface area contributed by atoms with Gasteiger partial charge >= 0.3 is 0 Å². The third-order valence-electron chi connectivity index (χ3n) is 5.37. The molecule has 0 aromatic heterocycles. The van der Waals surface area contributed by atoms with Crippen molar-refractivity contribution >= 4 is 0 Å². The van der Waals surface area contributed by atoms with Crippen molar-refractivity contribution in [2.24, 2.45) is 0 Å². The fraction of sp³-hybridized carbons (Fsp3) is 0.520. The van der Waals surface area contributed by atoms with Crippen LogP contribution in [0.15, 0.2) is 42.5 Å². The maximum absolute atomic E-state index is 9.79. The number of rotatable bonds is 12. The van der Waals surface area contributed by atoms with Crippen LogP contribution >= 0.6 is 0 Å². The second-order valence-corrected chi connectivity index (χ2v) is 8.59. The van der Waals surface area contributed by atoms with Gasteiger partial charge in [-0.3, -0.25) is 0 Å². The van der Waals surface area contributed by atoms with E-state index in [-0.39, 0.29) is 13.2 Å². The number of benzene rings is 2. The van der Waals surface area contributed by atoms with E-state index in [2.05, 4.69) is 19.1 Å². The minimum absolute atomic E-state index is 0.0747. The minimum Gasteiger partial charge on any atom is -0.489 e. The molecule has 160 valence electrons. The van der Waals surface area contributed by atoms with E-state index in [1.165, 1.54) is 5.56 Å². The van der Waals surface area contributed by atoms with Gasteiger partial charge in [-0.2, -0.15) is 0 Å².